The largest absolute Gasteiger partial charge is 0.508 e. The van der Waals surface area contributed by atoms with Crippen LogP contribution in [0.1, 0.15) is 36.8 Å². The summed E-state index contributed by atoms with van der Waals surface area (Å²) in [7, 11) is 0. The quantitative estimate of drug-likeness (QED) is 0.256. The number of phenolic OH excluding ortho intramolecular Hbond substituents is 2. The summed E-state index contributed by atoms with van der Waals surface area (Å²) in [4.78, 5) is 39.9. The van der Waals surface area contributed by atoms with Crippen molar-refractivity contribution in [1.82, 2.24) is 21.3 Å². The van der Waals surface area contributed by atoms with Gasteiger partial charge >= 0.3 is 0 Å². The average Bonchev–Trinajstić information content (AvgIpc) is 2.92. The minimum absolute atomic E-state index is 0.00242. The summed E-state index contributed by atoms with van der Waals surface area (Å²) in [5, 5.41) is 32.9. The van der Waals surface area contributed by atoms with Crippen LogP contribution >= 0.6 is 0 Å². The van der Waals surface area contributed by atoms with Crippen molar-refractivity contribution in [2.75, 3.05) is 19.6 Å². The number of hydrogen-bond donors (Lipinski definition) is 8. The summed E-state index contributed by atoms with van der Waals surface area (Å²) in [6.07, 6.45) is 2.33. The highest BCUT2D eigenvalue weighted by Gasteiger charge is 2.30. The van der Waals surface area contributed by atoms with E-state index in [0.717, 1.165) is 37.1 Å². The zero-order chi connectivity index (χ0) is 27.9. The fraction of sp³-hybridized carbons (Fsp3) is 0.464. The van der Waals surface area contributed by atoms with Gasteiger partial charge in [-0.1, -0.05) is 12.1 Å². The molecule has 3 atom stereocenters. The van der Waals surface area contributed by atoms with E-state index in [-0.39, 0.29) is 42.7 Å². The van der Waals surface area contributed by atoms with Crippen LogP contribution in [0.15, 0.2) is 36.4 Å². The molecule has 4 rings (SSSR count). The predicted octanol–water partition coefficient (Wildman–Crippen LogP) is -0.233. The molecule has 2 aliphatic heterocycles. The molecule has 3 amide bonds. The minimum Gasteiger partial charge on any atom is -0.508 e. The molecule has 2 aromatic carbocycles. The van der Waals surface area contributed by atoms with Gasteiger partial charge in [-0.3, -0.25) is 14.4 Å². The maximum Gasteiger partial charge on any atom is 0.243 e. The van der Waals surface area contributed by atoms with Crippen LogP contribution in [0.4, 0.5) is 0 Å². The van der Waals surface area contributed by atoms with Crippen molar-refractivity contribution in [2.45, 2.75) is 62.7 Å². The van der Waals surface area contributed by atoms with Gasteiger partial charge in [0.2, 0.25) is 17.7 Å². The Balaban J connectivity index is 1.73. The number of hydrogen-bond acceptors (Lipinski definition) is 8. The number of rotatable bonds is 5. The van der Waals surface area contributed by atoms with Crippen molar-refractivity contribution in [3.8, 4) is 22.6 Å². The van der Waals surface area contributed by atoms with Crippen LogP contribution in [0, 0.1) is 0 Å². The molecule has 0 unspecified atom stereocenters. The Morgan fingerprint density at radius 1 is 0.923 bits per heavy atom. The Hall–Kier alpha value is -3.67. The monoisotopic (exact) mass is 538 g/mol. The van der Waals surface area contributed by atoms with E-state index in [1.807, 2.05) is 0 Å². The van der Waals surface area contributed by atoms with E-state index in [1.165, 1.54) is 6.07 Å². The standard InChI is InChI=1S/C28H38N6O5/c29-9-1-2-22-27(38)34-23(28(39)32-20-7-10-31-11-8-20)15-19-13-17(4-6-25(19)36)16-3-5-24(35)18(12-16)14-21(30)26(37)33-22/h3-6,12-13,20-23,31,35-36H,1-2,7-11,14-15,29-30H2,(H,32,39)(H,33,37)(H,34,38)/t21-,22+,23+/m0/s1. The third kappa shape index (κ3) is 7.25. The molecule has 0 radical (unpaired) electrons. The molecular weight excluding hydrogens is 500 g/mol. The molecule has 2 aliphatic rings. The van der Waals surface area contributed by atoms with Gasteiger partial charge in [0.05, 0.1) is 6.04 Å². The zero-order valence-corrected chi connectivity index (χ0v) is 21.9. The molecule has 0 aliphatic carbocycles. The van der Waals surface area contributed by atoms with Crippen LogP contribution in [-0.4, -0.2) is 71.7 Å². The summed E-state index contributed by atoms with van der Waals surface area (Å²) in [6, 6.07) is 7.00. The number of fused-ring (bicyclic) bond motifs is 5. The summed E-state index contributed by atoms with van der Waals surface area (Å²) in [5.74, 6) is -1.47. The first-order chi connectivity index (χ1) is 18.7. The van der Waals surface area contributed by atoms with Crippen molar-refractivity contribution in [2.24, 2.45) is 11.5 Å². The van der Waals surface area contributed by atoms with Gasteiger partial charge < -0.3 is 42.9 Å². The topological polar surface area (TPSA) is 192 Å². The van der Waals surface area contributed by atoms with Crippen LogP contribution < -0.4 is 32.7 Å². The Morgan fingerprint density at radius 2 is 1.54 bits per heavy atom. The number of carbonyl (C=O) groups is 3. The molecule has 11 nitrogen and oxygen atoms in total. The van der Waals surface area contributed by atoms with E-state index in [2.05, 4.69) is 21.3 Å². The van der Waals surface area contributed by atoms with Gasteiger partial charge in [0.1, 0.15) is 23.6 Å². The molecule has 1 saturated heterocycles. The lowest BCUT2D eigenvalue weighted by molar-refractivity contribution is -0.132. The second-order valence-electron chi connectivity index (χ2n) is 10.3. The second-order valence-corrected chi connectivity index (χ2v) is 10.3. The molecule has 11 heteroatoms. The van der Waals surface area contributed by atoms with Crippen molar-refractivity contribution in [1.29, 1.82) is 0 Å². The van der Waals surface area contributed by atoms with E-state index < -0.39 is 29.9 Å². The molecule has 10 N–H and O–H groups in total. The second kappa shape index (κ2) is 12.9. The lowest BCUT2D eigenvalue weighted by Crippen LogP contribution is -2.57. The van der Waals surface area contributed by atoms with Crippen LogP contribution in [0.2, 0.25) is 0 Å². The molecule has 1 fully saturated rings. The molecule has 0 saturated carbocycles. The highest BCUT2D eigenvalue weighted by molar-refractivity contribution is 5.93. The van der Waals surface area contributed by atoms with Gasteiger partial charge in [-0.2, -0.15) is 0 Å². The van der Waals surface area contributed by atoms with Crippen LogP contribution in [0.3, 0.4) is 0 Å². The Morgan fingerprint density at radius 3 is 2.15 bits per heavy atom. The molecule has 39 heavy (non-hydrogen) atoms. The number of benzene rings is 2. The van der Waals surface area contributed by atoms with Gasteiger partial charge in [-0.15, -0.1) is 0 Å². The number of aromatic hydroxyl groups is 2. The average molecular weight is 539 g/mol. The van der Waals surface area contributed by atoms with Crippen LogP contribution in [-0.2, 0) is 27.2 Å². The molecule has 210 valence electrons. The maximum absolute atomic E-state index is 13.4. The third-order valence-corrected chi connectivity index (χ3v) is 7.34. The highest BCUT2D eigenvalue weighted by Crippen LogP contribution is 2.31. The van der Waals surface area contributed by atoms with E-state index in [0.29, 0.717) is 24.1 Å². The molecule has 4 bridgehead atoms. The van der Waals surface area contributed by atoms with Crippen molar-refractivity contribution >= 4 is 17.7 Å². The Kier molecular flexibility index (Phi) is 9.39. The summed E-state index contributed by atoms with van der Waals surface area (Å²) >= 11 is 0. The molecule has 2 heterocycles. The molecule has 2 aromatic rings. The van der Waals surface area contributed by atoms with E-state index >= 15 is 0 Å². The lowest BCUT2D eigenvalue weighted by atomic mass is 9.95. The van der Waals surface area contributed by atoms with Gasteiger partial charge in [0, 0.05) is 18.9 Å². The van der Waals surface area contributed by atoms with E-state index in [4.69, 9.17) is 11.5 Å². The van der Waals surface area contributed by atoms with E-state index in [9.17, 15) is 24.6 Å². The SMILES string of the molecule is NCCC[C@H]1NC(=O)[C@@H](N)Cc2cc(ccc2O)-c2ccc(O)c(c2)C[C@H](C(=O)NC2CCNCC2)NC1=O. The smallest absolute Gasteiger partial charge is 0.243 e. The van der Waals surface area contributed by atoms with E-state index in [1.54, 1.807) is 30.3 Å². The summed E-state index contributed by atoms with van der Waals surface area (Å²) in [5.41, 5.74) is 14.3. The number of nitrogens with two attached hydrogens (primary N) is 2. The molecular formula is C28H38N6O5. The molecule has 0 spiro atoms. The zero-order valence-electron chi connectivity index (χ0n) is 21.9. The first-order valence-electron chi connectivity index (χ1n) is 13.5. The molecule has 0 aromatic heterocycles. The fourth-order valence-electron chi connectivity index (χ4n) is 5.03. The van der Waals surface area contributed by atoms with Gasteiger partial charge in [0.15, 0.2) is 0 Å². The van der Waals surface area contributed by atoms with Gasteiger partial charge in [0.25, 0.3) is 0 Å². The highest BCUT2D eigenvalue weighted by atomic mass is 16.3. The first kappa shape index (κ1) is 28.3. The van der Waals surface area contributed by atoms with Gasteiger partial charge in [-0.05, 0) is 91.8 Å². The van der Waals surface area contributed by atoms with Crippen LogP contribution in [0.25, 0.3) is 11.1 Å². The minimum atomic E-state index is -1.03. The number of phenols is 2. The first-order valence-corrected chi connectivity index (χ1v) is 13.5. The fourth-order valence-corrected chi connectivity index (χ4v) is 5.03. The normalized spacial score (nSPS) is 22.7. The number of nitrogens with one attached hydrogen (secondary N) is 4. The predicted molar refractivity (Wildman–Crippen MR) is 147 cm³/mol. The lowest BCUT2D eigenvalue weighted by Gasteiger charge is -2.28. The summed E-state index contributed by atoms with van der Waals surface area (Å²) < 4.78 is 0. The van der Waals surface area contributed by atoms with Crippen LogP contribution in [0.5, 0.6) is 11.5 Å². The Bertz CT molecular complexity index is 1200. The van der Waals surface area contributed by atoms with Crippen molar-refractivity contribution < 1.29 is 24.6 Å². The third-order valence-electron chi connectivity index (χ3n) is 7.34. The Labute approximate surface area is 227 Å². The number of amides is 3. The maximum atomic E-state index is 13.4. The van der Waals surface area contributed by atoms with Gasteiger partial charge in [-0.25, -0.2) is 0 Å². The van der Waals surface area contributed by atoms with Crippen molar-refractivity contribution in [3.63, 3.8) is 0 Å². The number of carbonyl (C=O) groups excluding carboxylic acids is 3. The van der Waals surface area contributed by atoms with Crippen molar-refractivity contribution in [3.05, 3.63) is 47.5 Å². The summed E-state index contributed by atoms with van der Waals surface area (Å²) in [6.45, 7) is 1.88. The number of piperidine rings is 1.